The third-order valence-corrected chi connectivity index (χ3v) is 3.61. The van der Waals surface area contributed by atoms with Crippen molar-refractivity contribution in [2.75, 3.05) is 10.5 Å². The number of anilines is 1. The van der Waals surface area contributed by atoms with Gasteiger partial charge in [0.05, 0.1) is 6.20 Å². The van der Waals surface area contributed by atoms with Crippen LogP contribution >= 0.6 is 0 Å². The molecule has 0 bridgehead atoms. The number of benzene rings is 1. The molecule has 2 aromatic rings. The number of rotatable bonds is 5. The third-order valence-electron chi connectivity index (χ3n) is 2.37. The number of nitrogens with zero attached hydrogens (tertiary/aromatic N) is 1. The molecule has 0 aliphatic carbocycles. The van der Waals surface area contributed by atoms with Crippen molar-refractivity contribution >= 4 is 15.7 Å². The highest BCUT2D eigenvalue weighted by atomic mass is 32.2. The average Bonchev–Trinajstić information content (AvgIpc) is 2.39. The van der Waals surface area contributed by atoms with E-state index in [9.17, 15) is 21.6 Å². The van der Waals surface area contributed by atoms with Crippen LogP contribution in [0.25, 0.3) is 0 Å². The minimum absolute atomic E-state index is 0.0481. The van der Waals surface area contributed by atoms with Crippen LogP contribution in [0.2, 0.25) is 0 Å². The molecule has 5 nitrogen and oxygen atoms in total. The summed E-state index contributed by atoms with van der Waals surface area (Å²) in [5, 5.41) is 0. The normalized spacial score (nSPS) is 12.0. The van der Waals surface area contributed by atoms with Gasteiger partial charge in [0, 0.05) is 12.3 Å². The van der Waals surface area contributed by atoms with Crippen LogP contribution in [0.3, 0.4) is 0 Å². The Hall–Kier alpha value is -2.29. The van der Waals surface area contributed by atoms with Crippen molar-refractivity contribution in [2.45, 2.75) is 6.18 Å². The van der Waals surface area contributed by atoms with E-state index in [0.29, 0.717) is 5.75 Å². The number of alkyl halides is 3. The summed E-state index contributed by atoms with van der Waals surface area (Å²) in [5.74, 6) is -1.53. The second-order valence-electron chi connectivity index (χ2n) is 4.26. The number of halogens is 3. The first kappa shape index (κ1) is 16.1. The van der Waals surface area contributed by atoms with E-state index >= 15 is 0 Å². The Bertz CT molecular complexity index is 734. The molecule has 0 saturated heterocycles. The molecule has 0 aliphatic rings. The van der Waals surface area contributed by atoms with E-state index in [0.717, 1.165) is 6.20 Å². The van der Waals surface area contributed by atoms with E-state index in [1.54, 1.807) is 30.3 Å². The van der Waals surface area contributed by atoms with Gasteiger partial charge in [-0.05, 0) is 12.1 Å². The van der Waals surface area contributed by atoms with E-state index < -0.39 is 22.0 Å². The van der Waals surface area contributed by atoms with E-state index in [2.05, 4.69) is 4.98 Å². The molecule has 0 radical (unpaired) electrons. The van der Waals surface area contributed by atoms with E-state index in [1.807, 2.05) is 4.72 Å². The Kier molecular flexibility index (Phi) is 4.55. The SMILES string of the molecule is O=S(=O)(CC(F)(F)F)Nc1cnccc1Oc1ccccc1. The largest absolute Gasteiger partial charge is 0.455 e. The van der Waals surface area contributed by atoms with Crippen LogP contribution in [-0.2, 0) is 10.0 Å². The van der Waals surface area contributed by atoms with Crippen molar-refractivity contribution in [1.82, 2.24) is 4.98 Å². The molecule has 0 spiro atoms. The number of nitrogens with one attached hydrogen (secondary N) is 1. The molecule has 0 amide bonds. The summed E-state index contributed by atoms with van der Waals surface area (Å²) in [5.41, 5.74) is -0.171. The molecule has 0 unspecified atom stereocenters. The highest BCUT2D eigenvalue weighted by Gasteiger charge is 2.35. The first-order valence-corrected chi connectivity index (χ1v) is 7.64. The van der Waals surface area contributed by atoms with E-state index in [-0.39, 0.29) is 11.4 Å². The molecule has 1 heterocycles. The lowest BCUT2D eigenvalue weighted by Crippen LogP contribution is -2.28. The van der Waals surface area contributed by atoms with Gasteiger partial charge >= 0.3 is 6.18 Å². The predicted molar refractivity (Wildman–Crippen MR) is 74.2 cm³/mol. The molecule has 1 N–H and O–H groups in total. The monoisotopic (exact) mass is 332 g/mol. The van der Waals surface area contributed by atoms with E-state index in [1.165, 1.54) is 12.3 Å². The van der Waals surface area contributed by atoms with Crippen LogP contribution in [-0.4, -0.2) is 25.3 Å². The van der Waals surface area contributed by atoms with Gasteiger partial charge in [0.1, 0.15) is 11.4 Å². The van der Waals surface area contributed by atoms with Crippen molar-refractivity contribution in [3.8, 4) is 11.5 Å². The zero-order valence-electron chi connectivity index (χ0n) is 11.0. The van der Waals surface area contributed by atoms with Crippen LogP contribution in [0.5, 0.6) is 11.5 Å². The maximum Gasteiger partial charge on any atom is 0.404 e. The zero-order chi connectivity index (χ0) is 16.2. The Balaban J connectivity index is 2.22. The van der Waals surface area contributed by atoms with Gasteiger partial charge in [0.25, 0.3) is 0 Å². The Morgan fingerprint density at radius 1 is 1.14 bits per heavy atom. The Labute approximate surface area is 124 Å². The fraction of sp³-hybridized carbons (Fsp3) is 0.154. The summed E-state index contributed by atoms with van der Waals surface area (Å²) < 4.78 is 67.0. The number of sulfonamides is 1. The second-order valence-corrected chi connectivity index (χ2v) is 5.99. The lowest BCUT2D eigenvalue weighted by Gasteiger charge is -2.13. The lowest BCUT2D eigenvalue weighted by atomic mass is 10.3. The lowest BCUT2D eigenvalue weighted by molar-refractivity contribution is -0.106. The molecule has 0 saturated carbocycles. The quantitative estimate of drug-likeness (QED) is 0.913. The summed E-state index contributed by atoms with van der Waals surface area (Å²) >= 11 is 0. The van der Waals surface area contributed by atoms with Crippen LogP contribution in [0.15, 0.2) is 48.8 Å². The van der Waals surface area contributed by atoms with Gasteiger partial charge in [-0.2, -0.15) is 13.2 Å². The molecular weight excluding hydrogens is 321 g/mol. The minimum Gasteiger partial charge on any atom is -0.455 e. The molecule has 22 heavy (non-hydrogen) atoms. The maximum absolute atomic E-state index is 12.2. The zero-order valence-corrected chi connectivity index (χ0v) is 11.9. The summed E-state index contributed by atoms with van der Waals surface area (Å²) in [6, 6.07) is 9.74. The van der Waals surface area contributed by atoms with Crippen molar-refractivity contribution < 1.29 is 26.3 Å². The molecular formula is C13H11F3N2O3S. The molecule has 9 heteroatoms. The summed E-state index contributed by atoms with van der Waals surface area (Å²) in [6.45, 7) is 0. The van der Waals surface area contributed by atoms with Gasteiger partial charge in [-0.1, -0.05) is 18.2 Å². The van der Waals surface area contributed by atoms with Crippen molar-refractivity contribution in [3.63, 3.8) is 0 Å². The minimum atomic E-state index is -4.84. The second kappa shape index (κ2) is 6.22. The smallest absolute Gasteiger partial charge is 0.404 e. The molecule has 1 aromatic heterocycles. The van der Waals surface area contributed by atoms with E-state index in [4.69, 9.17) is 4.74 Å². The van der Waals surface area contributed by atoms with Gasteiger partial charge in [0.15, 0.2) is 11.5 Å². The first-order valence-electron chi connectivity index (χ1n) is 5.99. The van der Waals surface area contributed by atoms with Crippen molar-refractivity contribution in [3.05, 3.63) is 48.8 Å². The van der Waals surface area contributed by atoms with Gasteiger partial charge in [0.2, 0.25) is 10.0 Å². The fourth-order valence-electron chi connectivity index (χ4n) is 1.58. The average molecular weight is 332 g/mol. The topological polar surface area (TPSA) is 68.3 Å². The molecule has 0 fully saturated rings. The molecule has 2 rings (SSSR count). The number of pyridine rings is 1. The summed E-state index contributed by atoms with van der Waals surface area (Å²) in [4.78, 5) is 3.68. The van der Waals surface area contributed by atoms with Crippen molar-refractivity contribution in [1.29, 1.82) is 0 Å². The van der Waals surface area contributed by atoms with Crippen LogP contribution < -0.4 is 9.46 Å². The van der Waals surface area contributed by atoms with Gasteiger partial charge in [-0.25, -0.2) is 8.42 Å². The highest BCUT2D eigenvalue weighted by Crippen LogP contribution is 2.29. The summed E-state index contributed by atoms with van der Waals surface area (Å²) in [6.07, 6.45) is -2.43. The molecule has 118 valence electrons. The van der Waals surface area contributed by atoms with Crippen molar-refractivity contribution in [2.24, 2.45) is 0 Å². The summed E-state index contributed by atoms with van der Waals surface area (Å²) in [7, 11) is -4.60. The molecule has 0 atom stereocenters. The maximum atomic E-state index is 12.2. The number of para-hydroxylation sites is 1. The van der Waals surface area contributed by atoms with Crippen LogP contribution in [0.1, 0.15) is 0 Å². The number of hydrogen-bond acceptors (Lipinski definition) is 4. The standard InChI is InChI=1S/C13H11F3N2O3S/c14-13(15,16)9-22(19,20)18-11-8-17-7-6-12(11)21-10-4-2-1-3-5-10/h1-8,18H,9H2. The Morgan fingerprint density at radius 2 is 1.82 bits per heavy atom. The van der Waals surface area contributed by atoms with Gasteiger partial charge < -0.3 is 4.74 Å². The van der Waals surface area contributed by atoms with Gasteiger partial charge in [-0.3, -0.25) is 9.71 Å². The number of ether oxygens (including phenoxy) is 1. The fourth-order valence-corrected chi connectivity index (χ4v) is 2.57. The third kappa shape index (κ3) is 4.92. The predicted octanol–water partition coefficient (Wildman–Crippen LogP) is 3.18. The highest BCUT2D eigenvalue weighted by molar-refractivity contribution is 7.92. The molecule has 0 aliphatic heterocycles. The molecule has 1 aromatic carbocycles. The Morgan fingerprint density at radius 3 is 2.45 bits per heavy atom. The van der Waals surface area contributed by atoms with Crippen LogP contribution in [0, 0.1) is 0 Å². The van der Waals surface area contributed by atoms with Gasteiger partial charge in [-0.15, -0.1) is 0 Å². The first-order chi connectivity index (χ1) is 10.3. The number of hydrogen-bond donors (Lipinski definition) is 1. The number of aromatic nitrogens is 1. The van der Waals surface area contributed by atoms with Crippen LogP contribution in [0.4, 0.5) is 18.9 Å².